The zero-order valence-electron chi connectivity index (χ0n) is 19.7. The first kappa shape index (κ1) is 25.1. The van der Waals surface area contributed by atoms with Gasteiger partial charge in [0.2, 0.25) is 10.0 Å². The van der Waals surface area contributed by atoms with Crippen molar-refractivity contribution in [1.82, 2.24) is 14.1 Å². The molecule has 0 spiro atoms. The van der Waals surface area contributed by atoms with Crippen LogP contribution in [-0.4, -0.2) is 81.3 Å². The SMILES string of the molecule is CCc1ccc(C(CNc2ccc(S(=O)(=O)N3CCN(C)CC3)cc2[N+](=O)[O-])N(C)C)cc1. The summed E-state index contributed by atoms with van der Waals surface area (Å²) < 4.78 is 27.5. The van der Waals surface area contributed by atoms with Crippen LogP contribution in [0.25, 0.3) is 0 Å². The number of likely N-dealkylation sites (N-methyl/N-ethyl adjacent to an activating group) is 2. The number of anilines is 1. The molecule has 0 bridgehead atoms. The lowest BCUT2D eigenvalue weighted by atomic mass is 10.0. The van der Waals surface area contributed by atoms with Crippen LogP contribution < -0.4 is 5.32 Å². The zero-order valence-corrected chi connectivity index (χ0v) is 20.5. The molecule has 9 nitrogen and oxygen atoms in total. The van der Waals surface area contributed by atoms with E-state index in [1.165, 1.54) is 22.0 Å². The Morgan fingerprint density at radius 3 is 2.27 bits per heavy atom. The first-order valence-corrected chi connectivity index (χ1v) is 12.5. The largest absolute Gasteiger partial charge is 0.378 e. The van der Waals surface area contributed by atoms with Crippen LogP contribution in [0.1, 0.15) is 24.1 Å². The molecule has 0 aromatic heterocycles. The molecule has 180 valence electrons. The summed E-state index contributed by atoms with van der Waals surface area (Å²) >= 11 is 0. The van der Waals surface area contributed by atoms with Crippen molar-refractivity contribution in [1.29, 1.82) is 0 Å². The molecule has 33 heavy (non-hydrogen) atoms. The molecule has 1 fully saturated rings. The van der Waals surface area contributed by atoms with E-state index in [1.807, 2.05) is 26.0 Å². The lowest BCUT2D eigenvalue weighted by Crippen LogP contribution is -2.47. The zero-order chi connectivity index (χ0) is 24.2. The van der Waals surface area contributed by atoms with E-state index < -0.39 is 14.9 Å². The number of nitro benzene ring substituents is 1. The van der Waals surface area contributed by atoms with Gasteiger partial charge >= 0.3 is 0 Å². The van der Waals surface area contributed by atoms with Crippen molar-refractivity contribution in [2.75, 3.05) is 59.2 Å². The lowest BCUT2D eigenvalue weighted by Gasteiger charge is -2.31. The van der Waals surface area contributed by atoms with E-state index in [9.17, 15) is 18.5 Å². The fourth-order valence-electron chi connectivity index (χ4n) is 3.93. The molecule has 0 saturated carbocycles. The topological polar surface area (TPSA) is 99.0 Å². The third-order valence-corrected chi connectivity index (χ3v) is 8.04. The third-order valence-electron chi connectivity index (χ3n) is 6.15. The maximum absolute atomic E-state index is 13.0. The summed E-state index contributed by atoms with van der Waals surface area (Å²) in [5.41, 5.74) is 2.40. The molecular weight excluding hydrogens is 442 g/mol. The molecule has 1 heterocycles. The van der Waals surface area contributed by atoms with E-state index in [-0.39, 0.29) is 16.6 Å². The fourth-order valence-corrected chi connectivity index (χ4v) is 5.37. The van der Waals surface area contributed by atoms with Gasteiger partial charge in [0.05, 0.1) is 15.9 Å². The number of hydrogen-bond donors (Lipinski definition) is 1. The van der Waals surface area contributed by atoms with Gasteiger partial charge in [-0.15, -0.1) is 0 Å². The molecule has 1 N–H and O–H groups in total. The molecule has 2 aromatic rings. The van der Waals surface area contributed by atoms with E-state index in [2.05, 4.69) is 41.4 Å². The molecule has 10 heteroatoms. The molecule has 1 aliphatic heterocycles. The molecule has 1 atom stereocenters. The van der Waals surface area contributed by atoms with Crippen molar-refractivity contribution in [2.24, 2.45) is 0 Å². The second kappa shape index (κ2) is 10.6. The maximum atomic E-state index is 13.0. The van der Waals surface area contributed by atoms with Crippen LogP contribution in [0.5, 0.6) is 0 Å². The van der Waals surface area contributed by atoms with Crippen molar-refractivity contribution in [3.8, 4) is 0 Å². The van der Waals surface area contributed by atoms with Crippen LogP contribution >= 0.6 is 0 Å². The highest BCUT2D eigenvalue weighted by Gasteiger charge is 2.30. The second-order valence-electron chi connectivity index (χ2n) is 8.60. The number of benzene rings is 2. The number of rotatable bonds is 9. The molecule has 0 aliphatic carbocycles. The standard InChI is InChI=1S/C23H33N5O4S/c1-5-18-6-8-19(9-7-18)23(25(2)3)17-24-21-11-10-20(16-22(21)28(29)30)33(31,32)27-14-12-26(4)13-15-27/h6-11,16,23-24H,5,12-15,17H2,1-4H3. The third kappa shape index (κ3) is 5.89. The number of nitrogens with zero attached hydrogens (tertiary/aromatic N) is 4. The Kier molecular flexibility index (Phi) is 8.06. The summed E-state index contributed by atoms with van der Waals surface area (Å²) in [6.45, 7) is 4.54. The summed E-state index contributed by atoms with van der Waals surface area (Å²) in [6, 6.07) is 12.4. The molecule has 3 rings (SSSR count). The predicted octanol–water partition coefficient (Wildman–Crippen LogP) is 2.81. The van der Waals surface area contributed by atoms with Crippen LogP contribution in [0.15, 0.2) is 47.4 Å². The van der Waals surface area contributed by atoms with Crippen molar-refractivity contribution in [3.63, 3.8) is 0 Å². The summed E-state index contributed by atoms with van der Waals surface area (Å²) in [5.74, 6) is 0. The lowest BCUT2D eigenvalue weighted by molar-refractivity contribution is -0.384. The average molecular weight is 476 g/mol. The highest BCUT2D eigenvalue weighted by atomic mass is 32.2. The number of aryl methyl sites for hydroxylation is 1. The van der Waals surface area contributed by atoms with Gasteiger partial charge in [0.1, 0.15) is 5.69 Å². The van der Waals surface area contributed by atoms with Crippen LogP contribution in [0.3, 0.4) is 0 Å². The molecule has 1 saturated heterocycles. The average Bonchev–Trinajstić information content (AvgIpc) is 2.79. The van der Waals surface area contributed by atoms with E-state index in [4.69, 9.17) is 0 Å². The van der Waals surface area contributed by atoms with E-state index in [0.29, 0.717) is 38.4 Å². The van der Waals surface area contributed by atoms with Gasteiger partial charge in [0, 0.05) is 38.8 Å². The van der Waals surface area contributed by atoms with Crippen molar-refractivity contribution < 1.29 is 13.3 Å². The molecule has 1 aliphatic rings. The molecule has 1 unspecified atom stereocenters. The Morgan fingerprint density at radius 2 is 1.73 bits per heavy atom. The summed E-state index contributed by atoms with van der Waals surface area (Å²) in [4.78, 5) is 15.3. The Hall–Kier alpha value is -2.53. The Labute approximate surface area is 196 Å². The minimum Gasteiger partial charge on any atom is -0.378 e. The monoisotopic (exact) mass is 475 g/mol. The Morgan fingerprint density at radius 1 is 1.09 bits per heavy atom. The van der Waals surface area contributed by atoms with Gasteiger partial charge in [-0.1, -0.05) is 31.2 Å². The summed E-state index contributed by atoms with van der Waals surface area (Å²) in [6.07, 6.45) is 0.959. The minimum absolute atomic E-state index is 0.00995. The summed E-state index contributed by atoms with van der Waals surface area (Å²) in [5, 5.41) is 14.9. The molecule has 2 aromatic carbocycles. The van der Waals surface area contributed by atoms with Crippen molar-refractivity contribution >= 4 is 21.4 Å². The fraction of sp³-hybridized carbons (Fsp3) is 0.478. The minimum atomic E-state index is -3.79. The highest BCUT2D eigenvalue weighted by molar-refractivity contribution is 7.89. The number of nitro groups is 1. The molecule has 0 radical (unpaired) electrons. The van der Waals surface area contributed by atoms with Gasteiger partial charge in [0.25, 0.3) is 5.69 Å². The first-order valence-electron chi connectivity index (χ1n) is 11.1. The Balaban J connectivity index is 1.82. The van der Waals surface area contributed by atoms with Gasteiger partial charge in [0.15, 0.2) is 0 Å². The van der Waals surface area contributed by atoms with Crippen molar-refractivity contribution in [2.45, 2.75) is 24.3 Å². The first-order chi connectivity index (χ1) is 15.6. The van der Waals surface area contributed by atoms with Crippen LogP contribution in [0.2, 0.25) is 0 Å². The maximum Gasteiger partial charge on any atom is 0.293 e. The van der Waals surface area contributed by atoms with Gasteiger partial charge in [-0.3, -0.25) is 10.1 Å². The highest BCUT2D eigenvalue weighted by Crippen LogP contribution is 2.30. The van der Waals surface area contributed by atoms with Gasteiger partial charge in [-0.2, -0.15) is 4.31 Å². The quantitative estimate of drug-likeness (QED) is 0.440. The van der Waals surface area contributed by atoms with Crippen LogP contribution in [0.4, 0.5) is 11.4 Å². The van der Waals surface area contributed by atoms with Crippen LogP contribution in [-0.2, 0) is 16.4 Å². The van der Waals surface area contributed by atoms with E-state index >= 15 is 0 Å². The molecule has 0 amide bonds. The van der Waals surface area contributed by atoms with Crippen LogP contribution in [0, 0.1) is 10.1 Å². The number of sulfonamides is 1. The smallest absolute Gasteiger partial charge is 0.293 e. The number of nitrogens with one attached hydrogen (secondary N) is 1. The Bertz CT molecular complexity index is 1060. The number of hydrogen-bond acceptors (Lipinski definition) is 7. The van der Waals surface area contributed by atoms with Gasteiger partial charge in [-0.25, -0.2) is 8.42 Å². The number of piperazine rings is 1. The van der Waals surface area contributed by atoms with Gasteiger partial charge < -0.3 is 15.1 Å². The second-order valence-corrected chi connectivity index (χ2v) is 10.5. The van der Waals surface area contributed by atoms with E-state index in [1.54, 1.807) is 0 Å². The normalized spacial score (nSPS) is 16.6. The predicted molar refractivity (Wildman–Crippen MR) is 130 cm³/mol. The van der Waals surface area contributed by atoms with Gasteiger partial charge in [-0.05, 0) is 50.8 Å². The van der Waals surface area contributed by atoms with Crippen molar-refractivity contribution in [3.05, 3.63) is 63.7 Å². The molecular formula is C23H33N5O4S. The summed E-state index contributed by atoms with van der Waals surface area (Å²) in [7, 11) is 2.07. The van der Waals surface area contributed by atoms with E-state index in [0.717, 1.165) is 18.1 Å².